The molecule has 3 nitrogen and oxygen atoms in total. The van der Waals surface area contributed by atoms with Gasteiger partial charge in [-0.25, -0.2) is 4.79 Å². The van der Waals surface area contributed by atoms with Crippen LogP contribution in [0.2, 0.25) is 0 Å². The van der Waals surface area contributed by atoms with Crippen LogP contribution in [0.3, 0.4) is 0 Å². The highest BCUT2D eigenvalue weighted by atomic mass is 127. The molecular formula is C8H13IN2O. The van der Waals surface area contributed by atoms with Gasteiger partial charge in [0.25, 0.3) is 0 Å². The predicted octanol–water partition coefficient (Wildman–Crippen LogP) is 1.12. The minimum atomic E-state index is -0.496. The monoisotopic (exact) mass is 280 g/mol. The molecule has 0 rings (SSSR count). The first-order valence-corrected chi connectivity index (χ1v) is 5.10. The van der Waals surface area contributed by atoms with Crippen molar-refractivity contribution in [3.05, 3.63) is 0 Å². The van der Waals surface area contributed by atoms with E-state index in [0.717, 1.165) is 4.43 Å². The van der Waals surface area contributed by atoms with Crippen LogP contribution in [0.4, 0.5) is 4.79 Å². The van der Waals surface area contributed by atoms with Crippen molar-refractivity contribution in [2.24, 2.45) is 11.1 Å². The Hall–Kier alpha value is -0.440. The third kappa shape index (κ3) is 4.44. The average Bonchev–Trinajstić information content (AvgIpc) is 2.02. The Morgan fingerprint density at radius 3 is 2.67 bits per heavy atom. The number of halogens is 1. The zero-order valence-electron chi connectivity index (χ0n) is 7.28. The molecule has 0 aromatic rings. The van der Waals surface area contributed by atoms with Crippen LogP contribution in [0.5, 0.6) is 0 Å². The standard InChI is InChI=1S/C8H13IN2O/c1-3-4-8(2,5-9)6-11-7(10)12/h5-6H2,1-2H3,(H3,10,11,12). The van der Waals surface area contributed by atoms with Crippen LogP contribution in [-0.2, 0) is 0 Å². The Balaban J connectivity index is 4.11. The summed E-state index contributed by atoms with van der Waals surface area (Å²) in [7, 11) is 0. The number of rotatable bonds is 3. The summed E-state index contributed by atoms with van der Waals surface area (Å²) in [6.07, 6.45) is 0. The van der Waals surface area contributed by atoms with Crippen molar-refractivity contribution < 1.29 is 4.79 Å². The second-order valence-electron chi connectivity index (χ2n) is 2.79. The Labute approximate surface area is 86.6 Å². The molecule has 0 aliphatic rings. The summed E-state index contributed by atoms with van der Waals surface area (Å²) in [5.74, 6) is 5.87. The van der Waals surface area contributed by atoms with Crippen LogP contribution in [0.1, 0.15) is 13.8 Å². The third-order valence-corrected chi connectivity index (χ3v) is 3.06. The molecule has 1 unspecified atom stereocenters. The van der Waals surface area contributed by atoms with Crippen molar-refractivity contribution in [1.29, 1.82) is 0 Å². The van der Waals surface area contributed by atoms with Gasteiger partial charge in [-0.1, -0.05) is 28.5 Å². The Kier molecular flexibility index (Phi) is 5.06. The van der Waals surface area contributed by atoms with E-state index in [-0.39, 0.29) is 5.41 Å². The van der Waals surface area contributed by atoms with Crippen molar-refractivity contribution in [2.75, 3.05) is 11.0 Å². The predicted molar refractivity (Wildman–Crippen MR) is 58.0 cm³/mol. The summed E-state index contributed by atoms with van der Waals surface area (Å²) in [5.41, 5.74) is 4.79. The quantitative estimate of drug-likeness (QED) is 0.454. The fourth-order valence-corrected chi connectivity index (χ4v) is 1.17. The summed E-state index contributed by atoms with van der Waals surface area (Å²) in [6, 6.07) is -0.496. The zero-order chi connectivity index (χ0) is 9.61. The van der Waals surface area contributed by atoms with E-state index >= 15 is 0 Å². The van der Waals surface area contributed by atoms with Gasteiger partial charge in [0.1, 0.15) is 0 Å². The Morgan fingerprint density at radius 1 is 1.75 bits per heavy atom. The molecule has 0 fully saturated rings. The van der Waals surface area contributed by atoms with Gasteiger partial charge in [0.05, 0.1) is 5.41 Å². The van der Waals surface area contributed by atoms with Crippen LogP contribution in [0.15, 0.2) is 0 Å². The fourth-order valence-electron chi connectivity index (χ4n) is 0.709. The molecular weight excluding hydrogens is 267 g/mol. The number of alkyl halides is 1. The molecule has 0 aromatic carbocycles. The molecule has 2 amide bonds. The van der Waals surface area contributed by atoms with E-state index < -0.39 is 6.03 Å². The second kappa shape index (κ2) is 5.25. The zero-order valence-corrected chi connectivity index (χ0v) is 9.44. The molecule has 0 bridgehead atoms. The summed E-state index contributed by atoms with van der Waals surface area (Å²) in [4.78, 5) is 10.4. The maximum Gasteiger partial charge on any atom is 0.312 e. The van der Waals surface area contributed by atoms with Crippen LogP contribution in [0, 0.1) is 17.3 Å². The van der Waals surface area contributed by atoms with E-state index in [0.29, 0.717) is 6.54 Å². The van der Waals surface area contributed by atoms with E-state index in [1.807, 2.05) is 6.92 Å². The molecule has 4 heteroatoms. The molecule has 1 atom stereocenters. The largest absolute Gasteiger partial charge is 0.352 e. The van der Waals surface area contributed by atoms with Gasteiger partial charge in [0.15, 0.2) is 0 Å². The molecule has 12 heavy (non-hydrogen) atoms. The molecule has 0 saturated carbocycles. The van der Waals surface area contributed by atoms with Gasteiger partial charge in [0.2, 0.25) is 0 Å². The lowest BCUT2D eigenvalue weighted by Crippen LogP contribution is -2.38. The number of urea groups is 1. The van der Waals surface area contributed by atoms with E-state index in [9.17, 15) is 4.79 Å². The van der Waals surface area contributed by atoms with Gasteiger partial charge >= 0.3 is 6.03 Å². The van der Waals surface area contributed by atoms with Crippen molar-refractivity contribution in [3.8, 4) is 11.8 Å². The van der Waals surface area contributed by atoms with Gasteiger partial charge in [-0.05, 0) is 13.8 Å². The second-order valence-corrected chi connectivity index (χ2v) is 3.55. The summed E-state index contributed by atoms with van der Waals surface area (Å²) in [5, 5.41) is 2.55. The first-order valence-electron chi connectivity index (χ1n) is 3.57. The smallest absolute Gasteiger partial charge is 0.312 e. The van der Waals surface area contributed by atoms with Crippen LogP contribution < -0.4 is 11.1 Å². The van der Waals surface area contributed by atoms with Gasteiger partial charge < -0.3 is 11.1 Å². The summed E-state index contributed by atoms with van der Waals surface area (Å²) in [6.45, 7) is 4.28. The fraction of sp³-hybridized carbons (Fsp3) is 0.625. The highest BCUT2D eigenvalue weighted by Crippen LogP contribution is 2.16. The number of hydrogen-bond donors (Lipinski definition) is 2. The average molecular weight is 280 g/mol. The molecule has 68 valence electrons. The molecule has 0 aliphatic heterocycles. The maximum absolute atomic E-state index is 10.4. The molecule has 0 saturated heterocycles. The molecule has 0 aromatic heterocycles. The minimum Gasteiger partial charge on any atom is -0.352 e. The first-order chi connectivity index (χ1) is 5.54. The number of nitrogens with two attached hydrogens (primary N) is 1. The highest BCUT2D eigenvalue weighted by molar-refractivity contribution is 14.1. The van der Waals surface area contributed by atoms with Crippen LogP contribution in [-0.4, -0.2) is 17.0 Å². The van der Waals surface area contributed by atoms with E-state index in [2.05, 4.69) is 39.7 Å². The SMILES string of the molecule is CC#CC(C)(CI)CNC(N)=O. The lowest BCUT2D eigenvalue weighted by Gasteiger charge is -2.20. The first kappa shape index (κ1) is 11.6. The van der Waals surface area contributed by atoms with Crippen molar-refractivity contribution >= 4 is 28.6 Å². The normalized spacial score (nSPS) is 13.9. The number of amides is 2. The Morgan fingerprint density at radius 2 is 2.33 bits per heavy atom. The van der Waals surface area contributed by atoms with Gasteiger partial charge in [-0.15, -0.1) is 5.92 Å². The molecule has 3 N–H and O–H groups in total. The number of hydrogen-bond acceptors (Lipinski definition) is 1. The number of carbonyl (C=O) groups is 1. The minimum absolute atomic E-state index is 0.162. The van der Waals surface area contributed by atoms with Crippen molar-refractivity contribution in [2.45, 2.75) is 13.8 Å². The molecule has 0 aliphatic carbocycles. The molecule has 0 heterocycles. The van der Waals surface area contributed by atoms with Crippen LogP contribution >= 0.6 is 22.6 Å². The lowest BCUT2D eigenvalue weighted by atomic mass is 9.94. The van der Waals surface area contributed by atoms with Crippen molar-refractivity contribution in [3.63, 3.8) is 0 Å². The van der Waals surface area contributed by atoms with Crippen molar-refractivity contribution in [1.82, 2.24) is 5.32 Å². The summed E-state index contributed by atoms with van der Waals surface area (Å²) >= 11 is 2.24. The third-order valence-electron chi connectivity index (χ3n) is 1.37. The van der Waals surface area contributed by atoms with Gasteiger partial charge in [-0.2, -0.15) is 0 Å². The van der Waals surface area contributed by atoms with Gasteiger partial charge in [0, 0.05) is 11.0 Å². The van der Waals surface area contributed by atoms with E-state index in [1.165, 1.54) is 0 Å². The number of nitrogens with one attached hydrogen (secondary N) is 1. The van der Waals surface area contributed by atoms with E-state index in [4.69, 9.17) is 5.73 Å². The summed E-state index contributed by atoms with van der Waals surface area (Å²) < 4.78 is 0.867. The number of primary amides is 1. The lowest BCUT2D eigenvalue weighted by molar-refractivity contribution is 0.246. The molecule has 0 spiro atoms. The maximum atomic E-state index is 10.4. The number of carbonyl (C=O) groups excluding carboxylic acids is 1. The molecule has 0 radical (unpaired) electrons. The van der Waals surface area contributed by atoms with Crippen LogP contribution in [0.25, 0.3) is 0 Å². The van der Waals surface area contributed by atoms with Gasteiger partial charge in [-0.3, -0.25) is 0 Å². The highest BCUT2D eigenvalue weighted by Gasteiger charge is 2.19. The topological polar surface area (TPSA) is 55.1 Å². The Bertz CT molecular complexity index is 219. The van der Waals surface area contributed by atoms with E-state index in [1.54, 1.807) is 6.92 Å².